The molecule has 2 unspecified atom stereocenters. The van der Waals surface area contributed by atoms with Crippen molar-refractivity contribution in [2.24, 2.45) is 10.9 Å². The second-order valence-electron chi connectivity index (χ2n) is 6.96. The molecule has 0 bridgehead atoms. The van der Waals surface area contributed by atoms with E-state index < -0.39 is 0 Å². The molecule has 1 aliphatic heterocycles. The minimum atomic E-state index is 0. The van der Waals surface area contributed by atoms with Gasteiger partial charge in [-0.1, -0.05) is 25.1 Å². The number of hydrogen-bond donors (Lipinski definition) is 2. The van der Waals surface area contributed by atoms with Crippen LogP contribution in [0.2, 0.25) is 0 Å². The highest BCUT2D eigenvalue weighted by atomic mass is 127. The van der Waals surface area contributed by atoms with Crippen molar-refractivity contribution < 1.29 is 0 Å². The molecule has 3 rings (SSSR count). The maximum absolute atomic E-state index is 4.79. The molecule has 27 heavy (non-hydrogen) atoms. The van der Waals surface area contributed by atoms with Crippen molar-refractivity contribution in [2.75, 3.05) is 31.1 Å². The number of aromatic nitrogens is 2. The maximum atomic E-state index is 4.79. The van der Waals surface area contributed by atoms with Crippen molar-refractivity contribution in [3.05, 3.63) is 48.8 Å². The molecule has 0 saturated carbocycles. The zero-order valence-corrected chi connectivity index (χ0v) is 18.5. The second-order valence-corrected chi connectivity index (χ2v) is 6.96. The Morgan fingerprint density at radius 2 is 2.11 bits per heavy atom. The standard InChI is InChI=1S/C20H30N6.HI/c1-3-21-20(22-14-17(2)15-26-12-7-11-23-26)24-18-10-13-25(16-18)19-8-5-4-6-9-19;/h4-9,11-12,17-18H,3,10,13-16H2,1-2H3,(H2,21,22,24);1H. The lowest BCUT2D eigenvalue weighted by Crippen LogP contribution is -2.44. The lowest BCUT2D eigenvalue weighted by molar-refractivity contribution is 0.457. The van der Waals surface area contributed by atoms with Crippen molar-refractivity contribution in [1.82, 2.24) is 20.4 Å². The summed E-state index contributed by atoms with van der Waals surface area (Å²) in [5, 5.41) is 11.3. The van der Waals surface area contributed by atoms with Gasteiger partial charge in [0.15, 0.2) is 5.96 Å². The van der Waals surface area contributed by atoms with E-state index in [1.54, 1.807) is 0 Å². The van der Waals surface area contributed by atoms with Gasteiger partial charge >= 0.3 is 0 Å². The lowest BCUT2D eigenvalue weighted by atomic mass is 10.2. The summed E-state index contributed by atoms with van der Waals surface area (Å²) in [7, 11) is 0. The van der Waals surface area contributed by atoms with Gasteiger partial charge in [-0.3, -0.25) is 9.67 Å². The molecule has 0 spiro atoms. The van der Waals surface area contributed by atoms with Crippen molar-refractivity contribution in [2.45, 2.75) is 32.9 Å². The average Bonchev–Trinajstić information content (AvgIpc) is 3.33. The number of aliphatic imine (C=N–C) groups is 1. The third-order valence-electron chi connectivity index (χ3n) is 4.61. The number of nitrogens with one attached hydrogen (secondary N) is 2. The smallest absolute Gasteiger partial charge is 0.191 e. The largest absolute Gasteiger partial charge is 0.369 e. The van der Waals surface area contributed by atoms with Crippen molar-refractivity contribution in [1.29, 1.82) is 0 Å². The molecular weight excluding hydrogens is 451 g/mol. The van der Waals surface area contributed by atoms with Crippen molar-refractivity contribution in [3.8, 4) is 0 Å². The van der Waals surface area contributed by atoms with E-state index >= 15 is 0 Å². The summed E-state index contributed by atoms with van der Waals surface area (Å²) in [6, 6.07) is 13.0. The summed E-state index contributed by atoms with van der Waals surface area (Å²) in [6.07, 6.45) is 4.95. The van der Waals surface area contributed by atoms with Crippen molar-refractivity contribution >= 4 is 35.6 Å². The van der Waals surface area contributed by atoms with Crippen LogP contribution in [0.15, 0.2) is 53.8 Å². The van der Waals surface area contributed by atoms with Crippen LogP contribution in [0.1, 0.15) is 20.3 Å². The molecule has 1 saturated heterocycles. The summed E-state index contributed by atoms with van der Waals surface area (Å²) >= 11 is 0. The zero-order chi connectivity index (χ0) is 18.2. The van der Waals surface area contributed by atoms with E-state index in [9.17, 15) is 0 Å². The molecule has 6 nitrogen and oxygen atoms in total. The van der Waals surface area contributed by atoms with Gasteiger partial charge in [-0.25, -0.2) is 0 Å². The Kier molecular flexibility index (Phi) is 8.90. The fraction of sp³-hybridized carbons (Fsp3) is 0.500. The van der Waals surface area contributed by atoms with Crippen LogP contribution in [-0.2, 0) is 6.54 Å². The Bertz CT molecular complexity index is 673. The lowest BCUT2D eigenvalue weighted by Gasteiger charge is -2.20. The number of nitrogens with zero attached hydrogens (tertiary/aromatic N) is 4. The third-order valence-corrected chi connectivity index (χ3v) is 4.61. The van der Waals surface area contributed by atoms with E-state index in [0.717, 1.165) is 45.1 Å². The number of halogens is 1. The summed E-state index contributed by atoms with van der Waals surface area (Å²) < 4.78 is 1.97. The predicted octanol–water partition coefficient (Wildman–Crippen LogP) is 2.97. The molecule has 2 heterocycles. The van der Waals surface area contributed by atoms with Gasteiger partial charge in [0.2, 0.25) is 0 Å². The molecule has 7 heteroatoms. The molecule has 2 N–H and O–H groups in total. The summed E-state index contributed by atoms with van der Waals surface area (Å²) in [6.45, 7) is 8.95. The Hall–Kier alpha value is -1.77. The van der Waals surface area contributed by atoms with Crippen LogP contribution in [0.4, 0.5) is 5.69 Å². The molecule has 1 aromatic heterocycles. The molecule has 1 aromatic carbocycles. The quantitative estimate of drug-likeness (QED) is 0.362. The summed E-state index contributed by atoms with van der Waals surface area (Å²) in [5.41, 5.74) is 1.30. The van der Waals surface area contributed by atoms with E-state index in [-0.39, 0.29) is 24.0 Å². The molecule has 0 radical (unpaired) electrons. The van der Waals surface area contributed by atoms with E-state index in [1.807, 2.05) is 23.1 Å². The van der Waals surface area contributed by atoms with Crippen LogP contribution in [0.5, 0.6) is 0 Å². The number of hydrogen-bond acceptors (Lipinski definition) is 3. The highest BCUT2D eigenvalue weighted by molar-refractivity contribution is 14.0. The van der Waals surface area contributed by atoms with Crippen LogP contribution in [0, 0.1) is 5.92 Å². The van der Waals surface area contributed by atoms with Gasteiger partial charge in [-0.05, 0) is 37.5 Å². The molecule has 148 valence electrons. The highest BCUT2D eigenvalue weighted by Crippen LogP contribution is 2.19. The predicted molar refractivity (Wildman–Crippen MR) is 123 cm³/mol. The number of benzene rings is 1. The van der Waals surface area contributed by atoms with E-state index in [0.29, 0.717) is 12.0 Å². The van der Waals surface area contributed by atoms with Crippen LogP contribution in [0.25, 0.3) is 0 Å². The van der Waals surface area contributed by atoms with Gasteiger partial charge in [0, 0.05) is 56.8 Å². The van der Waals surface area contributed by atoms with Gasteiger partial charge in [0.1, 0.15) is 0 Å². The molecule has 0 amide bonds. The average molecular weight is 482 g/mol. The maximum Gasteiger partial charge on any atom is 0.191 e. The SMILES string of the molecule is CCNC(=NCC(C)Cn1cccn1)NC1CCN(c2ccccc2)C1.I. The molecular formula is C20H31IN6. The number of rotatable bonds is 7. The number of guanidine groups is 1. The monoisotopic (exact) mass is 482 g/mol. The molecule has 1 fully saturated rings. The Labute approximate surface area is 179 Å². The highest BCUT2D eigenvalue weighted by Gasteiger charge is 2.23. The first kappa shape index (κ1) is 21.5. The molecule has 2 atom stereocenters. The zero-order valence-electron chi connectivity index (χ0n) is 16.2. The van der Waals surface area contributed by atoms with Crippen LogP contribution < -0.4 is 15.5 Å². The number of para-hydroxylation sites is 1. The topological polar surface area (TPSA) is 57.5 Å². The molecule has 2 aromatic rings. The Morgan fingerprint density at radius 1 is 1.30 bits per heavy atom. The fourth-order valence-corrected chi connectivity index (χ4v) is 3.30. The Balaban J connectivity index is 0.00000261. The van der Waals surface area contributed by atoms with Gasteiger partial charge in [0.25, 0.3) is 0 Å². The summed E-state index contributed by atoms with van der Waals surface area (Å²) in [4.78, 5) is 7.22. The van der Waals surface area contributed by atoms with Gasteiger partial charge in [-0.2, -0.15) is 5.10 Å². The van der Waals surface area contributed by atoms with E-state index in [1.165, 1.54) is 5.69 Å². The summed E-state index contributed by atoms with van der Waals surface area (Å²) in [5.74, 6) is 1.36. The second kappa shape index (κ2) is 11.2. The Morgan fingerprint density at radius 3 is 2.81 bits per heavy atom. The minimum Gasteiger partial charge on any atom is -0.369 e. The van der Waals surface area contributed by atoms with Crippen molar-refractivity contribution in [3.63, 3.8) is 0 Å². The van der Waals surface area contributed by atoms with Crippen LogP contribution in [0.3, 0.4) is 0 Å². The first-order valence-corrected chi connectivity index (χ1v) is 9.57. The van der Waals surface area contributed by atoms with Gasteiger partial charge < -0.3 is 15.5 Å². The molecule has 1 aliphatic rings. The van der Waals surface area contributed by atoms with Crippen LogP contribution >= 0.6 is 24.0 Å². The number of anilines is 1. The van der Waals surface area contributed by atoms with E-state index in [2.05, 4.69) is 64.8 Å². The molecule has 0 aliphatic carbocycles. The fourth-order valence-electron chi connectivity index (χ4n) is 3.30. The van der Waals surface area contributed by atoms with Gasteiger partial charge in [0.05, 0.1) is 0 Å². The van der Waals surface area contributed by atoms with Gasteiger partial charge in [-0.15, -0.1) is 24.0 Å². The van der Waals surface area contributed by atoms with Crippen LogP contribution in [-0.4, -0.2) is 48.0 Å². The van der Waals surface area contributed by atoms with E-state index in [4.69, 9.17) is 4.99 Å². The normalized spacial score (nSPS) is 18.1. The minimum absolute atomic E-state index is 0. The first-order valence-electron chi connectivity index (χ1n) is 9.57. The first-order chi connectivity index (χ1) is 12.7. The third kappa shape index (κ3) is 6.71.